The normalized spacial score (nSPS) is 18.1. The Kier molecular flexibility index (Phi) is 7.83. The number of nitrogens with one attached hydrogen (secondary N) is 4. The number of aromatic amines is 1. The summed E-state index contributed by atoms with van der Waals surface area (Å²) in [7, 11) is 0. The molecule has 2 aliphatic heterocycles. The molecule has 3 aromatic heterocycles. The molecular formula is C26H29N9O3S. The quantitative estimate of drug-likeness (QED) is 0.274. The molecule has 0 saturated carbocycles. The predicted octanol–water partition coefficient (Wildman–Crippen LogP) is 3.13. The Labute approximate surface area is 229 Å². The van der Waals surface area contributed by atoms with E-state index in [1.165, 1.54) is 4.88 Å². The SMILES string of the molecule is O=C(Nc1ccc(-c2nc(-c3ccc(CN4CCOCC4)s3)nc(C3CNCCO3)n2)cc1)Nc1ccn[nH]1. The number of hydrogen-bond acceptors (Lipinski definition) is 10. The molecule has 2 amide bonds. The molecule has 0 spiro atoms. The van der Waals surface area contributed by atoms with Crippen LogP contribution in [0.2, 0.25) is 0 Å². The van der Waals surface area contributed by atoms with Gasteiger partial charge in [0.05, 0.1) is 30.9 Å². The zero-order valence-electron chi connectivity index (χ0n) is 21.2. The zero-order valence-corrected chi connectivity index (χ0v) is 22.0. The van der Waals surface area contributed by atoms with Crippen LogP contribution in [-0.2, 0) is 16.0 Å². The number of amides is 2. The van der Waals surface area contributed by atoms with Crippen molar-refractivity contribution in [3.63, 3.8) is 0 Å². The lowest BCUT2D eigenvalue weighted by Crippen LogP contribution is -2.35. The second-order valence-electron chi connectivity index (χ2n) is 9.19. The summed E-state index contributed by atoms with van der Waals surface area (Å²) >= 11 is 1.70. The summed E-state index contributed by atoms with van der Waals surface area (Å²) < 4.78 is 11.4. The molecule has 0 aliphatic carbocycles. The average Bonchev–Trinajstić information content (AvgIpc) is 3.67. The summed E-state index contributed by atoms with van der Waals surface area (Å²) in [5.74, 6) is 2.30. The van der Waals surface area contributed by atoms with Crippen molar-refractivity contribution in [3.8, 4) is 22.1 Å². The topological polar surface area (TPSA) is 142 Å². The van der Waals surface area contributed by atoms with Gasteiger partial charge in [-0.3, -0.25) is 15.3 Å². The molecule has 0 bridgehead atoms. The van der Waals surface area contributed by atoms with Crippen LogP contribution in [0.5, 0.6) is 0 Å². The minimum absolute atomic E-state index is 0.251. The molecule has 5 heterocycles. The first-order chi connectivity index (χ1) is 19.2. The van der Waals surface area contributed by atoms with Crippen LogP contribution in [0.25, 0.3) is 22.1 Å². The van der Waals surface area contributed by atoms with Crippen molar-refractivity contribution in [1.29, 1.82) is 0 Å². The third-order valence-corrected chi connectivity index (χ3v) is 7.45. The highest BCUT2D eigenvalue weighted by Gasteiger charge is 2.22. The molecule has 6 rings (SSSR count). The van der Waals surface area contributed by atoms with E-state index in [-0.39, 0.29) is 12.1 Å². The lowest BCUT2D eigenvalue weighted by Gasteiger charge is -2.25. The fourth-order valence-electron chi connectivity index (χ4n) is 4.38. The summed E-state index contributed by atoms with van der Waals surface area (Å²) in [6.07, 6.45) is 1.32. The fourth-order valence-corrected chi connectivity index (χ4v) is 5.37. The number of carbonyl (C=O) groups excluding carboxylic acids is 1. The summed E-state index contributed by atoms with van der Waals surface area (Å²) in [5.41, 5.74) is 1.45. The highest BCUT2D eigenvalue weighted by Crippen LogP contribution is 2.30. The van der Waals surface area contributed by atoms with Gasteiger partial charge in [0.15, 0.2) is 17.5 Å². The maximum atomic E-state index is 12.3. The molecular weight excluding hydrogens is 518 g/mol. The van der Waals surface area contributed by atoms with Gasteiger partial charge in [-0.15, -0.1) is 11.3 Å². The first kappa shape index (κ1) is 25.5. The number of thiophene rings is 1. The van der Waals surface area contributed by atoms with E-state index >= 15 is 0 Å². The van der Waals surface area contributed by atoms with Crippen molar-refractivity contribution in [1.82, 2.24) is 35.4 Å². The largest absolute Gasteiger partial charge is 0.379 e. The van der Waals surface area contributed by atoms with E-state index in [1.54, 1.807) is 23.6 Å². The van der Waals surface area contributed by atoms with Crippen LogP contribution in [0.1, 0.15) is 16.8 Å². The Balaban J connectivity index is 1.23. The maximum Gasteiger partial charge on any atom is 0.324 e. The van der Waals surface area contributed by atoms with Crippen LogP contribution in [0.4, 0.5) is 16.3 Å². The van der Waals surface area contributed by atoms with E-state index < -0.39 is 0 Å². The van der Waals surface area contributed by atoms with Gasteiger partial charge in [-0.1, -0.05) is 0 Å². The summed E-state index contributed by atoms with van der Waals surface area (Å²) in [5, 5.41) is 15.4. The Bertz CT molecular complexity index is 1380. The van der Waals surface area contributed by atoms with Crippen molar-refractivity contribution < 1.29 is 14.3 Å². The Morgan fingerprint density at radius 2 is 1.85 bits per heavy atom. The van der Waals surface area contributed by atoms with Crippen LogP contribution >= 0.6 is 11.3 Å². The van der Waals surface area contributed by atoms with Crippen molar-refractivity contribution in [2.45, 2.75) is 12.6 Å². The van der Waals surface area contributed by atoms with E-state index in [9.17, 15) is 4.79 Å². The molecule has 2 saturated heterocycles. The molecule has 1 aromatic carbocycles. The Hall–Kier alpha value is -3.75. The fraction of sp³-hybridized carbons (Fsp3) is 0.346. The summed E-state index contributed by atoms with van der Waals surface area (Å²) in [4.78, 5) is 31.3. The van der Waals surface area contributed by atoms with Crippen LogP contribution in [-0.4, -0.2) is 82.1 Å². The molecule has 202 valence electrons. The number of H-pyrrole nitrogens is 1. The van der Waals surface area contributed by atoms with Crippen LogP contribution < -0.4 is 16.0 Å². The van der Waals surface area contributed by atoms with Gasteiger partial charge in [-0.05, 0) is 36.4 Å². The highest BCUT2D eigenvalue weighted by atomic mass is 32.1. The van der Waals surface area contributed by atoms with Gasteiger partial charge in [0, 0.05) is 54.9 Å². The number of anilines is 2. The van der Waals surface area contributed by atoms with Gasteiger partial charge in [0.1, 0.15) is 11.9 Å². The molecule has 4 N–H and O–H groups in total. The van der Waals surface area contributed by atoms with Gasteiger partial charge >= 0.3 is 6.03 Å². The number of hydrogen-bond donors (Lipinski definition) is 4. The number of rotatable bonds is 7. The van der Waals surface area contributed by atoms with Gasteiger partial charge in [-0.25, -0.2) is 19.7 Å². The van der Waals surface area contributed by atoms with E-state index in [4.69, 9.17) is 24.4 Å². The van der Waals surface area contributed by atoms with Crippen LogP contribution in [0.3, 0.4) is 0 Å². The smallest absolute Gasteiger partial charge is 0.324 e. The number of morpholine rings is 2. The second kappa shape index (κ2) is 12.0. The minimum atomic E-state index is -0.371. The van der Waals surface area contributed by atoms with Crippen molar-refractivity contribution >= 4 is 28.9 Å². The van der Waals surface area contributed by atoms with Gasteiger partial charge in [0.25, 0.3) is 0 Å². The molecule has 1 unspecified atom stereocenters. The summed E-state index contributed by atoms with van der Waals surface area (Å²) in [6.45, 7) is 6.36. The third kappa shape index (κ3) is 6.46. The van der Waals surface area contributed by atoms with E-state index in [0.717, 1.165) is 49.8 Å². The monoisotopic (exact) mass is 547 g/mol. The van der Waals surface area contributed by atoms with E-state index in [0.29, 0.717) is 42.1 Å². The van der Waals surface area contributed by atoms with Crippen molar-refractivity contribution in [2.24, 2.45) is 0 Å². The number of urea groups is 1. The lowest BCUT2D eigenvalue weighted by atomic mass is 10.2. The predicted molar refractivity (Wildman–Crippen MR) is 147 cm³/mol. The number of aromatic nitrogens is 5. The van der Waals surface area contributed by atoms with Gasteiger partial charge in [0.2, 0.25) is 0 Å². The molecule has 2 aliphatic rings. The average molecular weight is 548 g/mol. The first-order valence-electron chi connectivity index (χ1n) is 12.8. The number of nitrogens with zero attached hydrogens (tertiary/aromatic N) is 5. The third-order valence-electron chi connectivity index (χ3n) is 6.38. The van der Waals surface area contributed by atoms with Crippen molar-refractivity contribution in [3.05, 3.63) is 59.4 Å². The minimum Gasteiger partial charge on any atom is -0.379 e. The highest BCUT2D eigenvalue weighted by molar-refractivity contribution is 7.15. The molecule has 4 aromatic rings. The summed E-state index contributed by atoms with van der Waals surface area (Å²) in [6, 6.07) is 12.9. The Morgan fingerprint density at radius 1 is 1.00 bits per heavy atom. The number of benzene rings is 1. The molecule has 13 heteroatoms. The van der Waals surface area contributed by atoms with Crippen molar-refractivity contribution in [2.75, 3.05) is 56.6 Å². The maximum absolute atomic E-state index is 12.3. The molecule has 0 radical (unpaired) electrons. The van der Waals surface area contributed by atoms with Gasteiger partial charge < -0.3 is 20.1 Å². The Morgan fingerprint density at radius 3 is 2.62 bits per heavy atom. The lowest BCUT2D eigenvalue weighted by molar-refractivity contribution is 0.0221. The standard InChI is InChI=1S/C26H29N9O3S/c36-26(30-22-7-8-28-34-22)29-18-3-1-17(2-4-18)23-31-24(20-15-27-9-12-38-20)33-25(32-23)21-6-5-19(39-21)16-35-10-13-37-14-11-35/h1-8,20,27H,9-16H2,(H3,28,29,30,34,36). The molecule has 12 nitrogen and oxygen atoms in total. The first-order valence-corrected chi connectivity index (χ1v) is 13.7. The van der Waals surface area contributed by atoms with E-state index in [2.05, 4.69) is 43.2 Å². The molecule has 2 fully saturated rings. The van der Waals surface area contributed by atoms with Crippen LogP contribution in [0, 0.1) is 0 Å². The molecule has 1 atom stereocenters. The zero-order chi connectivity index (χ0) is 26.4. The van der Waals surface area contributed by atoms with Crippen LogP contribution in [0.15, 0.2) is 48.7 Å². The van der Waals surface area contributed by atoms with Gasteiger partial charge in [-0.2, -0.15) is 5.10 Å². The van der Waals surface area contributed by atoms with E-state index in [1.807, 2.05) is 24.3 Å². The number of ether oxygens (including phenoxy) is 2. The second-order valence-corrected chi connectivity index (χ2v) is 10.4. The number of carbonyl (C=O) groups is 1. The molecule has 39 heavy (non-hydrogen) atoms.